The number of quaternary nitrogens is 1. The maximum absolute atomic E-state index is 12.7. The summed E-state index contributed by atoms with van der Waals surface area (Å²) in [5.74, 6) is -1.47. The molecule has 0 saturated carbocycles. The molecule has 2 atom stereocenters. The third-order valence-corrected chi connectivity index (χ3v) is 9.16. The van der Waals surface area contributed by atoms with E-state index in [4.69, 9.17) is 14.2 Å². The first-order valence-electron chi connectivity index (χ1n) is 20.2. The van der Waals surface area contributed by atoms with Gasteiger partial charge in [-0.25, -0.2) is 4.79 Å². The van der Waals surface area contributed by atoms with Crippen LogP contribution >= 0.6 is 0 Å². The Morgan fingerprint density at radius 1 is 0.592 bits per heavy atom. The molecule has 0 aliphatic heterocycles. The molecule has 0 amide bonds. The fraction of sp³-hybridized carbons (Fsp3) is 0.878. The van der Waals surface area contributed by atoms with Crippen molar-refractivity contribution in [3.8, 4) is 0 Å². The van der Waals surface area contributed by atoms with Crippen molar-refractivity contribution in [3.05, 3.63) is 12.2 Å². The molecule has 288 valence electrons. The first-order valence-corrected chi connectivity index (χ1v) is 20.2. The zero-order valence-corrected chi connectivity index (χ0v) is 32.7. The van der Waals surface area contributed by atoms with Gasteiger partial charge in [0.2, 0.25) is 0 Å². The van der Waals surface area contributed by atoms with Crippen LogP contribution in [0.15, 0.2) is 12.2 Å². The van der Waals surface area contributed by atoms with Crippen molar-refractivity contribution < 1.29 is 38.2 Å². The summed E-state index contributed by atoms with van der Waals surface area (Å²) in [4.78, 5) is 36.8. The van der Waals surface area contributed by atoms with Crippen molar-refractivity contribution in [1.82, 2.24) is 0 Å². The molecule has 49 heavy (non-hydrogen) atoms. The van der Waals surface area contributed by atoms with Crippen LogP contribution in [0.3, 0.4) is 0 Å². The van der Waals surface area contributed by atoms with E-state index in [1.807, 2.05) is 21.1 Å². The number of hydrogen-bond donors (Lipinski definition) is 1. The fourth-order valence-electron chi connectivity index (χ4n) is 5.97. The maximum Gasteiger partial charge on any atom is 0.362 e. The highest BCUT2D eigenvalue weighted by Crippen LogP contribution is 2.14. The van der Waals surface area contributed by atoms with Gasteiger partial charge in [-0.05, 0) is 38.5 Å². The lowest BCUT2D eigenvalue weighted by Gasteiger charge is -2.31. The molecule has 0 rings (SSSR count). The van der Waals surface area contributed by atoms with Gasteiger partial charge in [0.1, 0.15) is 6.61 Å². The Kier molecular flexibility index (Phi) is 31.9. The Balaban J connectivity index is 4.37. The monoisotopic (exact) mass is 697 g/mol. The lowest BCUT2D eigenvalue weighted by molar-refractivity contribution is -0.887. The number of ether oxygens (including phenoxy) is 3. The zero-order valence-electron chi connectivity index (χ0n) is 32.7. The summed E-state index contributed by atoms with van der Waals surface area (Å²) in [6, 6.07) is -0.609. The number of carboxylic acids is 1. The van der Waals surface area contributed by atoms with Crippen LogP contribution in [0, 0.1) is 0 Å². The molecule has 1 N–H and O–H groups in total. The van der Waals surface area contributed by atoms with Gasteiger partial charge in [-0.15, -0.1) is 0 Å². The van der Waals surface area contributed by atoms with E-state index in [-0.39, 0.29) is 36.2 Å². The van der Waals surface area contributed by atoms with E-state index in [0.29, 0.717) is 19.3 Å². The first-order chi connectivity index (χ1) is 23.6. The van der Waals surface area contributed by atoms with Crippen molar-refractivity contribution in [2.75, 3.05) is 41.0 Å². The highest BCUT2D eigenvalue weighted by molar-refractivity contribution is 5.72. The van der Waals surface area contributed by atoms with Crippen molar-refractivity contribution >= 4 is 17.9 Å². The predicted octanol–water partition coefficient (Wildman–Crippen LogP) is 10.4. The Labute approximate surface area is 301 Å². The molecule has 0 bridgehead atoms. The number of nitrogens with zero attached hydrogens (tertiary/aromatic N) is 1. The molecule has 2 unspecified atom stereocenters. The Hall–Kier alpha value is -1.93. The van der Waals surface area contributed by atoms with Crippen LogP contribution < -0.4 is 0 Å². The van der Waals surface area contributed by atoms with Crippen LogP contribution in [0.25, 0.3) is 0 Å². The fourth-order valence-corrected chi connectivity index (χ4v) is 5.97. The quantitative estimate of drug-likeness (QED) is 0.0301. The second-order valence-corrected chi connectivity index (χ2v) is 14.9. The third-order valence-electron chi connectivity index (χ3n) is 9.16. The molecule has 0 spiro atoms. The molecule has 0 heterocycles. The van der Waals surface area contributed by atoms with Gasteiger partial charge in [0.05, 0.1) is 34.4 Å². The predicted molar refractivity (Wildman–Crippen MR) is 202 cm³/mol. The highest BCUT2D eigenvalue weighted by atomic mass is 16.6. The van der Waals surface area contributed by atoms with Gasteiger partial charge in [0.25, 0.3) is 0 Å². The smallest absolute Gasteiger partial charge is 0.362 e. The molecule has 8 heteroatoms. The van der Waals surface area contributed by atoms with Gasteiger partial charge in [0.15, 0.2) is 12.1 Å². The van der Waals surface area contributed by atoms with Crippen molar-refractivity contribution in [1.29, 1.82) is 0 Å². The van der Waals surface area contributed by atoms with Gasteiger partial charge < -0.3 is 23.8 Å². The molecular formula is C41H78NO7+. The van der Waals surface area contributed by atoms with Gasteiger partial charge in [-0.1, -0.05) is 135 Å². The summed E-state index contributed by atoms with van der Waals surface area (Å²) in [5, 5.41) is 9.58. The van der Waals surface area contributed by atoms with Gasteiger partial charge in [-0.3, -0.25) is 9.59 Å². The van der Waals surface area contributed by atoms with Gasteiger partial charge in [0, 0.05) is 19.3 Å². The van der Waals surface area contributed by atoms with E-state index >= 15 is 0 Å². The van der Waals surface area contributed by atoms with Crippen LogP contribution in [0.1, 0.15) is 181 Å². The van der Waals surface area contributed by atoms with Crippen molar-refractivity contribution in [3.63, 3.8) is 0 Å². The number of aliphatic carboxylic acids is 1. The zero-order chi connectivity index (χ0) is 36.4. The second-order valence-electron chi connectivity index (χ2n) is 14.9. The molecule has 0 aliphatic rings. The van der Waals surface area contributed by atoms with Crippen molar-refractivity contribution in [2.45, 2.75) is 193 Å². The first kappa shape index (κ1) is 47.1. The summed E-state index contributed by atoms with van der Waals surface area (Å²) >= 11 is 0. The van der Waals surface area contributed by atoms with E-state index in [2.05, 4.69) is 26.0 Å². The maximum atomic E-state index is 12.7. The van der Waals surface area contributed by atoms with Crippen LogP contribution in [-0.4, -0.2) is 80.6 Å². The van der Waals surface area contributed by atoms with Crippen LogP contribution in [-0.2, 0) is 28.6 Å². The molecular weight excluding hydrogens is 618 g/mol. The van der Waals surface area contributed by atoms with E-state index in [1.165, 1.54) is 109 Å². The second kappa shape index (κ2) is 33.2. The molecule has 0 saturated heterocycles. The van der Waals surface area contributed by atoms with E-state index < -0.39 is 18.1 Å². The molecule has 0 aromatic carbocycles. The van der Waals surface area contributed by atoms with Crippen LogP contribution in [0.5, 0.6) is 0 Å². The summed E-state index contributed by atoms with van der Waals surface area (Å²) in [7, 11) is 5.52. The van der Waals surface area contributed by atoms with E-state index in [0.717, 1.165) is 38.5 Å². The van der Waals surface area contributed by atoms with E-state index in [1.54, 1.807) is 0 Å². The summed E-state index contributed by atoms with van der Waals surface area (Å²) < 4.78 is 17.2. The van der Waals surface area contributed by atoms with E-state index in [9.17, 15) is 19.5 Å². The minimum absolute atomic E-state index is 0.0475. The molecule has 8 nitrogen and oxygen atoms in total. The Morgan fingerprint density at radius 3 is 1.49 bits per heavy atom. The van der Waals surface area contributed by atoms with Crippen LogP contribution in [0.4, 0.5) is 0 Å². The van der Waals surface area contributed by atoms with Gasteiger partial charge in [-0.2, -0.15) is 0 Å². The normalized spacial score (nSPS) is 13.1. The van der Waals surface area contributed by atoms with Crippen LogP contribution in [0.2, 0.25) is 0 Å². The molecule has 0 aromatic heterocycles. The third kappa shape index (κ3) is 31.8. The average Bonchev–Trinajstić information content (AvgIpc) is 3.05. The topological polar surface area (TPSA) is 99.1 Å². The molecule has 0 fully saturated rings. The molecule has 0 radical (unpaired) electrons. The Morgan fingerprint density at radius 2 is 1.02 bits per heavy atom. The lowest BCUT2D eigenvalue weighted by Crippen LogP contribution is -2.50. The summed E-state index contributed by atoms with van der Waals surface area (Å²) in [6.07, 6.45) is 32.4. The standard InChI is InChI=1S/C41H77NO7/c1-6-8-10-12-14-16-18-19-20-21-22-24-26-28-30-32-40(44)49-37(35-47-34-33-38(41(45)46)42(3,4)5)36-48-39(43)31-29-27-25-23-17-15-13-11-9-7-2/h16,18,37-38H,6-15,17,19-36H2,1-5H3/p+1/b18-16+. The number of likely N-dealkylation sites (N-methyl/N-ethyl adjacent to an activating group) is 1. The largest absolute Gasteiger partial charge is 0.477 e. The minimum atomic E-state index is -0.874. The number of hydrogen-bond acceptors (Lipinski definition) is 6. The SMILES string of the molecule is CCCCCC/C=C/CCCCCCCCCC(=O)OC(COCCC(C(=O)O)[N+](C)(C)C)COC(=O)CCCCCCCCCCCC. The Bertz CT molecular complexity index is 823. The summed E-state index contributed by atoms with van der Waals surface area (Å²) in [5.41, 5.74) is 0. The molecule has 0 aliphatic carbocycles. The number of carbonyl (C=O) groups is 3. The van der Waals surface area contributed by atoms with Gasteiger partial charge >= 0.3 is 17.9 Å². The number of carbonyl (C=O) groups excluding carboxylic acids is 2. The highest BCUT2D eigenvalue weighted by Gasteiger charge is 2.31. The number of rotatable bonds is 36. The lowest BCUT2D eigenvalue weighted by atomic mass is 10.1. The average molecular weight is 697 g/mol. The summed E-state index contributed by atoms with van der Waals surface area (Å²) in [6.45, 7) is 4.71. The number of esters is 2. The van der Waals surface area contributed by atoms with Crippen molar-refractivity contribution in [2.24, 2.45) is 0 Å². The number of carboxylic acid groups (broad SMARTS) is 1. The minimum Gasteiger partial charge on any atom is -0.477 e. The molecule has 0 aromatic rings. The number of allylic oxidation sites excluding steroid dienone is 2. The number of unbranched alkanes of at least 4 members (excludes halogenated alkanes) is 20.